The number of hydrogen-bond donors (Lipinski definition) is 3. The van der Waals surface area contributed by atoms with E-state index in [-0.39, 0.29) is 42.7 Å². The van der Waals surface area contributed by atoms with Crippen molar-refractivity contribution in [1.82, 2.24) is 9.97 Å². The number of aryl methyl sites for hydroxylation is 1. The number of rotatable bonds is 6. The summed E-state index contributed by atoms with van der Waals surface area (Å²) in [7, 11) is 0. The van der Waals surface area contributed by atoms with Crippen molar-refractivity contribution in [3.8, 4) is 0 Å². The number of halogens is 3. The predicted molar refractivity (Wildman–Crippen MR) is 106 cm³/mol. The first-order valence-corrected chi connectivity index (χ1v) is 8.36. The molecular formula is C15H19Cl3N4O2S. The van der Waals surface area contributed by atoms with E-state index in [9.17, 15) is 0 Å². The maximum Gasteiger partial charge on any atom is 0.224 e. The fourth-order valence-corrected chi connectivity index (χ4v) is 3.78. The molecule has 0 saturated heterocycles. The Kier molecular flexibility index (Phi) is 8.40. The third-order valence-corrected chi connectivity index (χ3v) is 5.01. The summed E-state index contributed by atoms with van der Waals surface area (Å²) in [6.45, 7) is 2.44. The zero-order valence-electron chi connectivity index (χ0n) is 13.4. The normalized spacial score (nSPS) is 11.7. The smallest absolute Gasteiger partial charge is 0.224 e. The van der Waals surface area contributed by atoms with Gasteiger partial charge in [-0.15, -0.1) is 36.2 Å². The van der Waals surface area contributed by atoms with Crippen molar-refractivity contribution in [3.63, 3.8) is 0 Å². The Morgan fingerprint density at radius 2 is 2.16 bits per heavy atom. The second-order valence-electron chi connectivity index (χ2n) is 5.25. The molecule has 0 amide bonds. The van der Waals surface area contributed by atoms with Crippen LogP contribution in [0, 0.1) is 6.92 Å². The number of anilines is 1. The van der Waals surface area contributed by atoms with Gasteiger partial charge in [-0.2, -0.15) is 4.98 Å². The van der Waals surface area contributed by atoms with Crippen LogP contribution >= 0.6 is 47.8 Å². The topological polar surface area (TPSA) is 97.2 Å². The number of aromatic nitrogens is 2. The monoisotopic (exact) mass is 424 g/mol. The molecule has 25 heavy (non-hydrogen) atoms. The number of aliphatic hydroxyl groups is 1. The Morgan fingerprint density at radius 1 is 1.40 bits per heavy atom. The van der Waals surface area contributed by atoms with E-state index in [0.29, 0.717) is 18.8 Å². The minimum absolute atomic E-state index is 0. The van der Waals surface area contributed by atoms with Gasteiger partial charge in [-0.25, -0.2) is 4.98 Å². The number of aliphatic hydroxyl groups excluding tert-OH is 1. The second-order valence-corrected chi connectivity index (χ2v) is 6.69. The minimum Gasteiger partial charge on any atom is -0.467 e. The Morgan fingerprint density at radius 3 is 2.80 bits per heavy atom. The summed E-state index contributed by atoms with van der Waals surface area (Å²) in [4.78, 5) is 9.70. The lowest BCUT2D eigenvalue weighted by Crippen LogP contribution is -2.26. The van der Waals surface area contributed by atoms with Crippen molar-refractivity contribution < 1.29 is 9.52 Å². The molecule has 138 valence electrons. The molecule has 10 heteroatoms. The zero-order chi connectivity index (χ0) is 16.4. The van der Waals surface area contributed by atoms with Crippen LogP contribution in [-0.4, -0.2) is 27.7 Å². The summed E-state index contributed by atoms with van der Waals surface area (Å²) < 4.78 is 6.24. The van der Waals surface area contributed by atoms with Crippen molar-refractivity contribution in [2.75, 3.05) is 11.9 Å². The molecule has 0 aliphatic carbocycles. The molecule has 0 aromatic carbocycles. The first-order valence-electron chi connectivity index (χ1n) is 7.16. The van der Waals surface area contributed by atoms with Gasteiger partial charge in [-0.1, -0.05) is 0 Å². The summed E-state index contributed by atoms with van der Waals surface area (Å²) in [5.41, 5.74) is 7.70. The molecule has 0 radical (unpaired) electrons. The van der Waals surface area contributed by atoms with E-state index in [4.69, 9.17) is 26.9 Å². The third-order valence-electron chi connectivity index (χ3n) is 3.53. The molecule has 0 aliphatic rings. The molecule has 3 aromatic rings. The highest BCUT2D eigenvalue weighted by Gasteiger charge is 2.17. The van der Waals surface area contributed by atoms with E-state index in [2.05, 4.69) is 15.3 Å². The fourth-order valence-electron chi connectivity index (χ4n) is 2.31. The molecule has 1 unspecified atom stereocenters. The molecule has 0 fully saturated rings. The summed E-state index contributed by atoms with van der Waals surface area (Å²) in [5, 5.41) is 12.6. The summed E-state index contributed by atoms with van der Waals surface area (Å²) >= 11 is 7.63. The number of furan rings is 1. The first kappa shape index (κ1) is 22.0. The largest absolute Gasteiger partial charge is 0.467 e. The van der Waals surface area contributed by atoms with Gasteiger partial charge in [0.25, 0.3) is 0 Å². The minimum atomic E-state index is -0.287. The number of nitrogens with two attached hydrogens (primary N) is 1. The number of nitrogens with zero attached hydrogens (tertiary/aromatic N) is 2. The van der Waals surface area contributed by atoms with E-state index < -0.39 is 0 Å². The highest BCUT2D eigenvalue weighted by atomic mass is 35.5. The summed E-state index contributed by atoms with van der Waals surface area (Å²) in [5.74, 6) is 1.48. The molecule has 3 rings (SSSR count). The van der Waals surface area contributed by atoms with Crippen molar-refractivity contribution in [2.45, 2.75) is 25.9 Å². The van der Waals surface area contributed by atoms with Crippen molar-refractivity contribution in [2.24, 2.45) is 5.73 Å². The lowest BCUT2D eigenvalue weighted by atomic mass is 10.1. The summed E-state index contributed by atoms with van der Waals surface area (Å²) in [6.07, 6.45) is 2.22. The quantitative estimate of drug-likeness (QED) is 0.522. The van der Waals surface area contributed by atoms with Crippen LogP contribution in [0.25, 0.3) is 10.2 Å². The lowest BCUT2D eigenvalue weighted by Gasteiger charge is -2.06. The van der Waals surface area contributed by atoms with Gasteiger partial charge in [0.15, 0.2) is 0 Å². The SMILES string of the molecule is Cc1c(CC(N)CO)sc2c(NCc3ccco3)nc(Cl)nc12.Cl.Cl. The molecule has 3 heterocycles. The number of thiophene rings is 1. The second kappa shape index (κ2) is 9.56. The third kappa shape index (κ3) is 4.97. The van der Waals surface area contributed by atoms with Crippen LogP contribution < -0.4 is 11.1 Å². The van der Waals surface area contributed by atoms with Gasteiger partial charge in [0.2, 0.25) is 5.28 Å². The van der Waals surface area contributed by atoms with Gasteiger partial charge in [-0.05, 0) is 42.6 Å². The predicted octanol–water partition coefficient (Wildman–Crippen LogP) is 3.56. The van der Waals surface area contributed by atoms with E-state index in [0.717, 1.165) is 26.4 Å². The van der Waals surface area contributed by atoms with E-state index in [1.807, 2.05) is 19.1 Å². The molecule has 6 nitrogen and oxygen atoms in total. The van der Waals surface area contributed by atoms with Crippen molar-refractivity contribution >= 4 is 63.8 Å². The highest BCUT2D eigenvalue weighted by Crippen LogP contribution is 2.35. The molecule has 4 N–H and O–H groups in total. The van der Waals surface area contributed by atoms with Crippen LogP contribution in [0.3, 0.4) is 0 Å². The van der Waals surface area contributed by atoms with Crippen LogP contribution in [0.2, 0.25) is 5.28 Å². The standard InChI is InChI=1S/C15H17ClN4O2S.2ClH/c1-8-11(5-9(17)7-21)23-13-12(8)19-15(16)20-14(13)18-6-10-3-2-4-22-10;;/h2-4,9,21H,5-7,17H2,1H3,(H,18,19,20);2*1H. The molecule has 0 saturated carbocycles. The van der Waals surface area contributed by atoms with Gasteiger partial charge in [0.1, 0.15) is 11.6 Å². The molecule has 1 atom stereocenters. The Hall–Kier alpha value is -1.09. The molecular weight excluding hydrogens is 407 g/mol. The fraction of sp³-hybridized carbons (Fsp3) is 0.333. The number of fused-ring (bicyclic) bond motifs is 1. The van der Waals surface area contributed by atoms with Gasteiger partial charge in [0, 0.05) is 10.9 Å². The number of nitrogens with one attached hydrogen (secondary N) is 1. The maximum atomic E-state index is 9.16. The Labute approximate surface area is 166 Å². The maximum absolute atomic E-state index is 9.16. The van der Waals surface area contributed by atoms with E-state index >= 15 is 0 Å². The van der Waals surface area contributed by atoms with Crippen LogP contribution in [0.1, 0.15) is 16.2 Å². The molecule has 0 spiro atoms. The average molecular weight is 426 g/mol. The summed E-state index contributed by atoms with van der Waals surface area (Å²) in [6, 6.07) is 3.44. The van der Waals surface area contributed by atoms with Crippen molar-refractivity contribution in [1.29, 1.82) is 0 Å². The highest BCUT2D eigenvalue weighted by molar-refractivity contribution is 7.19. The van der Waals surface area contributed by atoms with Crippen LogP contribution in [0.5, 0.6) is 0 Å². The van der Waals surface area contributed by atoms with E-state index in [1.54, 1.807) is 17.6 Å². The Bertz CT molecular complexity index is 811. The molecule has 3 aromatic heterocycles. The number of hydrogen-bond acceptors (Lipinski definition) is 7. The molecule has 0 aliphatic heterocycles. The van der Waals surface area contributed by atoms with Gasteiger partial charge >= 0.3 is 0 Å². The van der Waals surface area contributed by atoms with Crippen LogP contribution in [0.4, 0.5) is 5.82 Å². The lowest BCUT2D eigenvalue weighted by molar-refractivity contribution is 0.265. The zero-order valence-corrected chi connectivity index (χ0v) is 16.6. The molecule has 0 bridgehead atoms. The Balaban J connectivity index is 0.00000156. The van der Waals surface area contributed by atoms with Crippen molar-refractivity contribution in [3.05, 3.63) is 39.9 Å². The van der Waals surface area contributed by atoms with Gasteiger partial charge in [0.05, 0.1) is 29.6 Å². The first-order chi connectivity index (χ1) is 11.1. The van der Waals surface area contributed by atoms with Crippen LogP contribution in [-0.2, 0) is 13.0 Å². The average Bonchev–Trinajstić information content (AvgIpc) is 3.15. The van der Waals surface area contributed by atoms with Crippen LogP contribution in [0.15, 0.2) is 22.8 Å². The van der Waals surface area contributed by atoms with E-state index in [1.165, 1.54) is 0 Å². The van der Waals surface area contributed by atoms with Gasteiger partial charge in [-0.3, -0.25) is 0 Å². The van der Waals surface area contributed by atoms with Gasteiger partial charge < -0.3 is 20.6 Å².